The molecule has 0 unspecified atom stereocenters. The zero-order valence-corrected chi connectivity index (χ0v) is 18.2. The van der Waals surface area contributed by atoms with Crippen LogP contribution in [0, 0.1) is 6.92 Å². The number of aryl methyl sites for hydroxylation is 2. The molecule has 3 aromatic carbocycles. The lowest BCUT2D eigenvalue weighted by Crippen LogP contribution is -2.13. The van der Waals surface area contributed by atoms with Crippen molar-refractivity contribution in [1.29, 1.82) is 0 Å². The highest BCUT2D eigenvalue weighted by molar-refractivity contribution is 5.95. The molecule has 31 heavy (non-hydrogen) atoms. The number of hydrogen-bond acceptors (Lipinski definition) is 4. The maximum atomic E-state index is 13.6. The predicted octanol–water partition coefficient (Wildman–Crippen LogP) is 5.14. The van der Waals surface area contributed by atoms with Crippen molar-refractivity contribution in [3.05, 3.63) is 88.2 Å². The van der Waals surface area contributed by atoms with E-state index in [1.165, 1.54) is 5.56 Å². The lowest BCUT2D eigenvalue weighted by atomic mass is 10.0. The molecule has 1 N–H and O–H groups in total. The fourth-order valence-corrected chi connectivity index (χ4v) is 3.71. The van der Waals surface area contributed by atoms with Gasteiger partial charge in [0, 0.05) is 37.5 Å². The average molecular weight is 415 g/mol. The number of anilines is 1. The molecular formula is C26H26N2O3. The van der Waals surface area contributed by atoms with E-state index in [1.807, 2.05) is 54.2 Å². The lowest BCUT2D eigenvalue weighted by molar-refractivity contribution is 0.415. The smallest absolute Gasteiger partial charge is 0.199 e. The molecule has 0 aliphatic heterocycles. The van der Waals surface area contributed by atoms with Gasteiger partial charge in [-0.2, -0.15) is 0 Å². The number of nitrogens with one attached hydrogen (secondary N) is 1. The molecule has 0 aliphatic carbocycles. The number of rotatable bonds is 6. The van der Waals surface area contributed by atoms with Gasteiger partial charge in [-0.25, -0.2) is 0 Å². The van der Waals surface area contributed by atoms with Crippen LogP contribution in [0.15, 0.2) is 71.7 Å². The lowest BCUT2D eigenvalue weighted by Gasteiger charge is -2.16. The number of nitrogens with zero attached hydrogens (tertiary/aromatic N) is 1. The molecule has 0 saturated carbocycles. The van der Waals surface area contributed by atoms with Crippen molar-refractivity contribution < 1.29 is 9.47 Å². The van der Waals surface area contributed by atoms with Crippen LogP contribution in [0.25, 0.3) is 22.0 Å². The normalized spacial score (nSPS) is 10.8. The predicted molar refractivity (Wildman–Crippen MR) is 126 cm³/mol. The molecule has 0 aliphatic rings. The maximum Gasteiger partial charge on any atom is 0.199 e. The van der Waals surface area contributed by atoms with E-state index in [2.05, 4.69) is 36.5 Å². The summed E-state index contributed by atoms with van der Waals surface area (Å²) in [5.74, 6) is 1.46. The van der Waals surface area contributed by atoms with Gasteiger partial charge in [0.25, 0.3) is 0 Å². The highest BCUT2D eigenvalue weighted by atomic mass is 16.5. The summed E-state index contributed by atoms with van der Waals surface area (Å²) in [6, 6.07) is 19.7. The van der Waals surface area contributed by atoms with E-state index in [-0.39, 0.29) is 5.43 Å². The molecule has 0 spiro atoms. The second-order valence-electron chi connectivity index (χ2n) is 7.62. The van der Waals surface area contributed by atoms with Gasteiger partial charge in [-0.1, -0.05) is 42.0 Å². The van der Waals surface area contributed by atoms with Crippen LogP contribution in [0.2, 0.25) is 0 Å². The number of pyridine rings is 1. The zero-order chi connectivity index (χ0) is 22.0. The molecule has 4 rings (SSSR count). The van der Waals surface area contributed by atoms with E-state index in [9.17, 15) is 4.79 Å². The maximum absolute atomic E-state index is 13.6. The quantitative estimate of drug-likeness (QED) is 0.474. The number of hydrogen-bond donors (Lipinski definition) is 1. The molecule has 0 fully saturated rings. The summed E-state index contributed by atoms with van der Waals surface area (Å²) in [7, 11) is 5.20. The summed E-state index contributed by atoms with van der Waals surface area (Å²) < 4.78 is 12.7. The fourth-order valence-electron chi connectivity index (χ4n) is 3.71. The molecule has 0 amide bonds. The van der Waals surface area contributed by atoms with Crippen molar-refractivity contribution in [1.82, 2.24) is 4.57 Å². The minimum absolute atomic E-state index is 0.0210. The average Bonchev–Trinajstić information content (AvgIpc) is 2.80. The first-order valence-electron chi connectivity index (χ1n) is 10.2. The summed E-state index contributed by atoms with van der Waals surface area (Å²) >= 11 is 0. The summed E-state index contributed by atoms with van der Waals surface area (Å²) in [5.41, 5.74) is 5.40. The Morgan fingerprint density at radius 1 is 0.903 bits per heavy atom. The summed E-state index contributed by atoms with van der Waals surface area (Å²) in [6.45, 7) is 2.68. The molecule has 4 aromatic rings. The van der Waals surface area contributed by atoms with E-state index in [4.69, 9.17) is 9.47 Å². The van der Waals surface area contributed by atoms with Crippen molar-refractivity contribution in [2.24, 2.45) is 7.05 Å². The Bertz CT molecular complexity index is 1270. The Hall–Kier alpha value is -3.73. The number of fused-ring (bicyclic) bond motifs is 1. The minimum atomic E-state index is -0.0210. The van der Waals surface area contributed by atoms with Crippen molar-refractivity contribution in [2.75, 3.05) is 19.5 Å². The van der Waals surface area contributed by atoms with Crippen LogP contribution in [0.1, 0.15) is 11.1 Å². The van der Waals surface area contributed by atoms with Gasteiger partial charge in [0.15, 0.2) is 5.43 Å². The van der Waals surface area contributed by atoms with Crippen molar-refractivity contribution >= 4 is 16.6 Å². The van der Waals surface area contributed by atoms with Gasteiger partial charge >= 0.3 is 0 Å². The van der Waals surface area contributed by atoms with Gasteiger partial charge in [-0.05, 0) is 30.2 Å². The third-order valence-corrected chi connectivity index (χ3v) is 5.51. The van der Waals surface area contributed by atoms with Crippen molar-refractivity contribution in [2.45, 2.75) is 13.5 Å². The van der Waals surface area contributed by atoms with E-state index < -0.39 is 0 Å². The first-order chi connectivity index (χ1) is 15.0. The summed E-state index contributed by atoms with van der Waals surface area (Å²) in [4.78, 5) is 13.6. The molecule has 0 atom stereocenters. The first kappa shape index (κ1) is 20.5. The highest BCUT2D eigenvalue weighted by Crippen LogP contribution is 2.30. The Kier molecular flexibility index (Phi) is 5.67. The van der Waals surface area contributed by atoms with Crippen LogP contribution < -0.4 is 20.2 Å². The summed E-state index contributed by atoms with van der Waals surface area (Å²) in [5, 5.41) is 4.09. The molecule has 158 valence electrons. The third kappa shape index (κ3) is 4.12. The van der Waals surface area contributed by atoms with Gasteiger partial charge < -0.3 is 19.4 Å². The number of aromatic nitrogens is 1. The van der Waals surface area contributed by atoms with Crippen LogP contribution in [-0.2, 0) is 13.6 Å². The molecule has 0 bridgehead atoms. The molecular weight excluding hydrogens is 388 g/mol. The van der Waals surface area contributed by atoms with E-state index in [0.717, 1.165) is 28.1 Å². The molecule has 0 saturated heterocycles. The van der Waals surface area contributed by atoms with Crippen molar-refractivity contribution in [3.8, 4) is 22.6 Å². The molecule has 1 heterocycles. The van der Waals surface area contributed by atoms with Crippen LogP contribution in [0.5, 0.6) is 11.5 Å². The Morgan fingerprint density at radius 2 is 1.58 bits per heavy atom. The highest BCUT2D eigenvalue weighted by Gasteiger charge is 2.15. The van der Waals surface area contributed by atoms with Crippen LogP contribution in [0.4, 0.5) is 5.69 Å². The molecule has 5 heteroatoms. The standard InChI is InChI=1S/C26H26N2O3/c1-17-5-7-18(8-6-17)15-27-23-13-21(31-4)14-24-25(23)26(29)22(16-28(24)2)19-9-11-20(30-3)12-10-19/h5-14,16,27H,15H2,1-4H3. The van der Waals surface area contributed by atoms with Gasteiger partial charge in [-0.15, -0.1) is 0 Å². The largest absolute Gasteiger partial charge is 0.497 e. The third-order valence-electron chi connectivity index (χ3n) is 5.51. The van der Waals surface area contributed by atoms with Crippen LogP contribution >= 0.6 is 0 Å². The van der Waals surface area contributed by atoms with Gasteiger partial charge in [0.2, 0.25) is 0 Å². The SMILES string of the molecule is COc1ccc(-c2cn(C)c3cc(OC)cc(NCc4ccc(C)cc4)c3c2=O)cc1. The second-order valence-corrected chi connectivity index (χ2v) is 7.62. The second kappa shape index (κ2) is 8.56. The van der Waals surface area contributed by atoms with E-state index in [0.29, 0.717) is 23.2 Å². The Morgan fingerprint density at radius 3 is 2.23 bits per heavy atom. The van der Waals surface area contributed by atoms with Gasteiger partial charge in [-0.3, -0.25) is 4.79 Å². The van der Waals surface area contributed by atoms with Gasteiger partial charge in [0.05, 0.1) is 30.8 Å². The molecule has 1 aromatic heterocycles. The van der Waals surface area contributed by atoms with Crippen LogP contribution in [-0.4, -0.2) is 18.8 Å². The summed E-state index contributed by atoms with van der Waals surface area (Å²) in [6.07, 6.45) is 1.87. The monoisotopic (exact) mass is 414 g/mol. The van der Waals surface area contributed by atoms with Crippen molar-refractivity contribution in [3.63, 3.8) is 0 Å². The topological polar surface area (TPSA) is 52.5 Å². The fraction of sp³-hybridized carbons (Fsp3) is 0.192. The molecule has 0 radical (unpaired) electrons. The number of benzene rings is 3. The molecule has 5 nitrogen and oxygen atoms in total. The Balaban J connectivity index is 1.84. The number of methoxy groups -OCH3 is 2. The van der Waals surface area contributed by atoms with Gasteiger partial charge in [0.1, 0.15) is 11.5 Å². The van der Waals surface area contributed by atoms with E-state index in [1.54, 1.807) is 14.2 Å². The van der Waals surface area contributed by atoms with E-state index >= 15 is 0 Å². The Labute approximate surface area is 181 Å². The zero-order valence-electron chi connectivity index (χ0n) is 18.2. The number of ether oxygens (including phenoxy) is 2. The van der Waals surface area contributed by atoms with Crippen LogP contribution in [0.3, 0.4) is 0 Å². The minimum Gasteiger partial charge on any atom is -0.497 e. The first-order valence-corrected chi connectivity index (χ1v) is 10.2.